The van der Waals surface area contributed by atoms with E-state index in [-0.39, 0.29) is 5.91 Å². The summed E-state index contributed by atoms with van der Waals surface area (Å²) in [5, 5.41) is 11.3. The van der Waals surface area contributed by atoms with Gasteiger partial charge in [0.05, 0.1) is 18.5 Å². The second-order valence-corrected chi connectivity index (χ2v) is 6.58. The first-order valence-electron chi connectivity index (χ1n) is 8.82. The van der Waals surface area contributed by atoms with E-state index in [4.69, 9.17) is 9.26 Å². The zero-order valence-electron chi connectivity index (χ0n) is 16.3. The Balaban J connectivity index is 1.72. The van der Waals surface area contributed by atoms with Gasteiger partial charge in [0.2, 0.25) is 5.91 Å². The van der Waals surface area contributed by atoms with Crippen molar-refractivity contribution in [3.8, 4) is 11.4 Å². The van der Waals surface area contributed by atoms with Gasteiger partial charge in [-0.3, -0.25) is 4.79 Å². The highest BCUT2D eigenvalue weighted by atomic mass is 16.5. The van der Waals surface area contributed by atoms with Gasteiger partial charge in [0, 0.05) is 29.4 Å². The van der Waals surface area contributed by atoms with Crippen LogP contribution in [0.3, 0.4) is 0 Å². The molecule has 0 spiro atoms. The summed E-state index contributed by atoms with van der Waals surface area (Å²) in [5.41, 5.74) is 5.28. The number of hydrogen-bond donors (Lipinski definition) is 1. The molecule has 1 amide bonds. The minimum absolute atomic E-state index is 0.0732. The fraction of sp³-hybridized carbons (Fsp3) is 0.350. The van der Waals surface area contributed by atoms with E-state index in [2.05, 4.69) is 15.6 Å². The standard InChI is InChI=1S/C20H24N4O3/c1-12-10-13(2)24(22-12)18-8-6-16(11-19(18)26-5)21-20(25)9-7-17-14(3)23-27-15(17)4/h6,8,10-11H,7,9H2,1-5H3,(H,21,25). The number of methoxy groups -OCH3 is 1. The van der Waals surface area contributed by atoms with Crippen molar-refractivity contribution in [2.75, 3.05) is 12.4 Å². The number of anilines is 1. The third-order valence-corrected chi connectivity index (χ3v) is 4.48. The van der Waals surface area contributed by atoms with Crippen molar-refractivity contribution in [2.45, 2.75) is 40.5 Å². The van der Waals surface area contributed by atoms with E-state index in [1.807, 2.05) is 50.6 Å². The Hall–Kier alpha value is -3.09. The number of rotatable bonds is 6. The van der Waals surface area contributed by atoms with Crippen molar-refractivity contribution in [3.63, 3.8) is 0 Å². The van der Waals surface area contributed by atoms with Crippen molar-refractivity contribution < 1.29 is 14.1 Å². The first-order chi connectivity index (χ1) is 12.9. The third kappa shape index (κ3) is 4.02. The molecule has 0 saturated carbocycles. The van der Waals surface area contributed by atoms with E-state index in [0.29, 0.717) is 24.3 Å². The molecule has 2 heterocycles. The maximum absolute atomic E-state index is 12.3. The van der Waals surface area contributed by atoms with Crippen LogP contribution in [0.1, 0.15) is 34.8 Å². The molecule has 0 aliphatic heterocycles. The monoisotopic (exact) mass is 368 g/mol. The molecule has 1 N–H and O–H groups in total. The molecule has 142 valence electrons. The van der Waals surface area contributed by atoms with Crippen LogP contribution in [-0.4, -0.2) is 28.0 Å². The molecule has 0 unspecified atom stereocenters. The Bertz CT molecular complexity index is 952. The Morgan fingerprint density at radius 1 is 1.22 bits per heavy atom. The van der Waals surface area contributed by atoms with Crippen LogP contribution in [0, 0.1) is 27.7 Å². The number of ether oxygens (including phenoxy) is 1. The number of carbonyl (C=O) groups is 1. The second-order valence-electron chi connectivity index (χ2n) is 6.58. The van der Waals surface area contributed by atoms with E-state index < -0.39 is 0 Å². The number of amides is 1. The Labute approximate surface area is 158 Å². The van der Waals surface area contributed by atoms with Crippen molar-refractivity contribution in [1.82, 2.24) is 14.9 Å². The van der Waals surface area contributed by atoms with Crippen LogP contribution in [-0.2, 0) is 11.2 Å². The van der Waals surface area contributed by atoms with Gasteiger partial charge >= 0.3 is 0 Å². The first-order valence-corrected chi connectivity index (χ1v) is 8.82. The summed E-state index contributed by atoms with van der Waals surface area (Å²) >= 11 is 0. The maximum atomic E-state index is 12.3. The molecule has 0 fully saturated rings. The summed E-state index contributed by atoms with van der Waals surface area (Å²) in [6, 6.07) is 7.55. The summed E-state index contributed by atoms with van der Waals surface area (Å²) < 4.78 is 12.5. The molecule has 3 aromatic rings. The van der Waals surface area contributed by atoms with Crippen LogP contribution < -0.4 is 10.1 Å². The van der Waals surface area contributed by atoms with Crippen LogP contribution in [0.25, 0.3) is 5.69 Å². The number of aromatic nitrogens is 3. The van der Waals surface area contributed by atoms with Crippen LogP contribution >= 0.6 is 0 Å². The van der Waals surface area contributed by atoms with Crippen molar-refractivity contribution in [2.24, 2.45) is 0 Å². The van der Waals surface area contributed by atoms with Gasteiger partial charge in [-0.15, -0.1) is 0 Å². The van der Waals surface area contributed by atoms with Crippen LogP contribution in [0.4, 0.5) is 5.69 Å². The number of nitrogens with one attached hydrogen (secondary N) is 1. The van der Waals surface area contributed by atoms with Crippen LogP contribution in [0.15, 0.2) is 28.8 Å². The summed E-state index contributed by atoms with van der Waals surface area (Å²) in [5.74, 6) is 1.33. The summed E-state index contributed by atoms with van der Waals surface area (Å²) in [6.07, 6.45) is 0.943. The van der Waals surface area contributed by atoms with E-state index in [1.165, 1.54) is 0 Å². The molecule has 7 nitrogen and oxygen atoms in total. The fourth-order valence-electron chi connectivity index (χ4n) is 3.12. The lowest BCUT2D eigenvalue weighted by molar-refractivity contribution is -0.116. The van der Waals surface area contributed by atoms with E-state index in [0.717, 1.165) is 34.1 Å². The van der Waals surface area contributed by atoms with Gasteiger partial charge in [0.15, 0.2) is 0 Å². The molecule has 0 aliphatic carbocycles. The van der Waals surface area contributed by atoms with Gasteiger partial charge in [-0.25, -0.2) is 4.68 Å². The lowest BCUT2D eigenvalue weighted by Gasteiger charge is -2.13. The average molecular weight is 368 g/mol. The zero-order chi connectivity index (χ0) is 19.6. The summed E-state index contributed by atoms with van der Waals surface area (Å²) in [4.78, 5) is 12.3. The number of aryl methyl sites for hydroxylation is 4. The van der Waals surface area contributed by atoms with Crippen molar-refractivity contribution in [1.29, 1.82) is 0 Å². The number of benzene rings is 1. The van der Waals surface area contributed by atoms with Gasteiger partial charge in [-0.1, -0.05) is 5.16 Å². The highest BCUT2D eigenvalue weighted by Gasteiger charge is 2.14. The molecule has 0 saturated heterocycles. The van der Waals surface area contributed by atoms with Crippen LogP contribution in [0.2, 0.25) is 0 Å². The topological polar surface area (TPSA) is 82.2 Å². The van der Waals surface area contributed by atoms with Crippen LogP contribution in [0.5, 0.6) is 5.75 Å². The minimum Gasteiger partial charge on any atom is -0.494 e. The Kier molecular flexibility index (Phi) is 5.30. The van der Waals surface area contributed by atoms with Crippen molar-refractivity contribution >= 4 is 11.6 Å². The average Bonchev–Trinajstić information content (AvgIpc) is 3.13. The Morgan fingerprint density at radius 3 is 2.59 bits per heavy atom. The van der Waals surface area contributed by atoms with Gasteiger partial charge in [0.25, 0.3) is 0 Å². The van der Waals surface area contributed by atoms with Gasteiger partial charge in [0.1, 0.15) is 17.2 Å². The summed E-state index contributed by atoms with van der Waals surface area (Å²) in [6.45, 7) is 7.68. The highest BCUT2D eigenvalue weighted by Crippen LogP contribution is 2.27. The smallest absolute Gasteiger partial charge is 0.224 e. The molecule has 0 atom stereocenters. The maximum Gasteiger partial charge on any atom is 0.224 e. The molecule has 7 heteroatoms. The van der Waals surface area contributed by atoms with E-state index in [9.17, 15) is 4.79 Å². The lowest BCUT2D eigenvalue weighted by atomic mass is 10.1. The molecule has 1 aromatic carbocycles. The zero-order valence-corrected chi connectivity index (χ0v) is 16.3. The molecule has 2 aromatic heterocycles. The number of hydrogen-bond acceptors (Lipinski definition) is 5. The second kappa shape index (κ2) is 7.65. The number of carbonyl (C=O) groups excluding carboxylic acids is 1. The molecule has 3 rings (SSSR count). The molecular formula is C20H24N4O3. The van der Waals surface area contributed by atoms with E-state index in [1.54, 1.807) is 13.2 Å². The summed E-state index contributed by atoms with van der Waals surface area (Å²) in [7, 11) is 1.60. The first kappa shape index (κ1) is 18.7. The predicted molar refractivity (Wildman–Crippen MR) is 103 cm³/mol. The number of nitrogens with zero attached hydrogens (tertiary/aromatic N) is 3. The van der Waals surface area contributed by atoms with Gasteiger partial charge in [-0.05, 0) is 52.3 Å². The SMILES string of the molecule is COc1cc(NC(=O)CCc2c(C)noc2C)ccc1-n1nc(C)cc1C. The quantitative estimate of drug-likeness (QED) is 0.718. The van der Waals surface area contributed by atoms with E-state index >= 15 is 0 Å². The molecule has 0 radical (unpaired) electrons. The fourth-order valence-corrected chi connectivity index (χ4v) is 3.12. The molecule has 0 aliphatic rings. The highest BCUT2D eigenvalue weighted by molar-refractivity contribution is 5.91. The molecule has 0 bridgehead atoms. The molecular weight excluding hydrogens is 344 g/mol. The van der Waals surface area contributed by atoms with Gasteiger partial charge in [-0.2, -0.15) is 5.10 Å². The lowest BCUT2D eigenvalue weighted by Crippen LogP contribution is -2.13. The van der Waals surface area contributed by atoms with Crippen molar-refractivity contribution in [3.05, 3.63) is 52.7 Å². The normalized spacial score (nSPS) is 10.9. The molecule has 27 heavy (non-hydrogen) atoms. The predicted octanol–water partition coefficient (Wildman–Crippen LogP) is 3.67. The van der Waals surface area contributed by atoms with Gasteiger partial charge < -0.3 is 14.6 Å². The largest absolute Gasteiger partial charge is 0.494 e. The third-order valence-electron chi connectivity index (χ3n) is 4.48. The minimum atomic E-state index is -0.0732. The Morgan fingerprint density at radius 2 is 2.00 bits per heavy atom.